The van der Waals surface area contributed by atoms with Crippen LogP contribution in [0.1, 0.15) is 38.5 Å². The molecule has 2 rings (SSSR count). The van der Waals surface area contributed by atoms with E-state index in [9.17, 15) is 16.8 Å². The van der Waals surface area contributed by atoms with Gasteiger partial charge in [-0.3, -0.25) is 0 Å². The third-order valence-corrected chi connectivity index (χ3v) is 7.57. The Morgan fingerprint density at radius 1 is 0.550 bits per heavy atom. The van der Waals surface area contributed by atoms with E-state index in [4.69, 9.17) is 0 Å². The quantitative estimate of drug-likeness (QED) is 0.412. The van der Waals surface area contributed by atoms with Crippen LogP contribution >= 0.6 is 0 Å². The van der Waals surface area contributed by atoms with E-state index < -0.39 is 20.0 Å². The summed E-state index contributed by atoms with van der Waals surface area (Å²) in [4.78, 5) is 0. The van der Waals surface area contributed by atoms with Crippen molar-refractivity contribution in [3.05, 3.63) is 0 Å². The number of hydrogen-bond acceptors (Lipinski definition) is 4. The van der Waals surface area contributed by atoms with Crippen LogP contribution in [0.3, 0.4) is 0 Å². The van der Waals surface area contributed by atoms with Crippen LogP contribution in [0.25, 0.3) is 0 Å². The van der Waals surface area contributed by atoms with Gasteiger partial charge in [-0.15, -0.1) is 0 Å². The molecule has 0 aromatic rings. The molecule has 0 unspecified atom stereocenters. The molecular formula is C12H24N2O4S2. The molecule has 0 atom stereocenters. The Hall–Kier alpha value is -0.180. The lowest BCUT2D eigenvalue weighted by atomic mass is 10.1. The maximum atomic E-state index is 11.6. The van der Waals surface area contributed by atoms with Gasteiger partial charge in [-0.1, -0.05) is 25.7 Å². The Kier molecular flexibility index (Phi) is 5.44. The van der Waals surface area contributed by atoms with Gasteiger partial charge in [0.2, 0.25) is 20.0 Å². The topological polar surface area (TPSA) is 74.3 Å². The van der Waals surface area contributed by atoms with E-state index in [1.807, 2.05) is 0 Å². The highest BCUT2D eigenvalue weighted by molar-refractivity contribution is 7.89. The predicted molar refractivity (Wildman–Crippen MR) is 78.4 cm³/mol. The lowest BCUT2D eigenvalue weighted by Crippen LogP contribution is -2.16. The number of sulfonamides is 2. The fourth-order valence-corrected chi connectivity index (χ4v) is 5.10. The first-order valence-corrected chi connectivity index (χ1v) is 10.6. The molecule has 6 nitrogen and oxygen atoms in total. The van der Waals surface area contributed by atoms with Crippen molar-refractivity contribution in [2.24, 2.45) is 0 Å². The second-order valence-electron chi connectivity index (χ2n) is 5.55. The van der Waals surface area contributed by atoms with Crippen molar-refractivity contribution >= 4 is 20.0 Å². The minimum Gasteiger partial charge on any atom is -0.212 e. The summed E-state index contributed by atoms with van der Waals surface area (Å²) in [5, 5.41) is 0. The Labute approximate surface area is 122 Å². The molecule has 2 saturated heterocycles. The third kappa shape index (κ3) is 5.31. The number of unbranched alkanes of at least 4 members (excludes halogenated alkanes) is 5. The highest BCUT2D eigenvalue weighted by atomic mass is 32.2. The first-order valence-electron chi connectivity index (χ1n) is 7.37. The summed E-state index contributed by atoms with van der Waals surface area (Å²) in [6.07, 6.45) is 5.21. The van der Waals surface area contributed by atoms with E-state index in [1.54, 1.807) is 0 Å². The van der Waals surface area contributed by atoms with Crippen molar-refractivity contribution in [2.75, 3.05) is 37.7 Å². The zero-order chi connectivity index (χ0) is 14.6. The molecule has 2 aliphatic rings. The van der Waals surface area contributed by atoms with Crippen molar-refractivity contribution in [2.45, 2.75) is 38.5 Å². The van der Waals surface area contributed by atoms with Crippen molar-refractivity contribution in [1.29, 1.82) is 0 Å². The van der Waals surface area contributed by atoms with Crippen LogP contribution in [0, 0.1) is 0 Å². The highest BCUT2D eigenvalue weighted by Crippen LogP contribution is 2.16. The van der Waals surface area contributed by atoms with Crippen LogP contribution in [0.4, 0.5) is 0 Å². The van der Waals surface area contributed by atoms with Crippen LogP contribution in [0.5, 0.6) is 0 Å². The molecule has 118 valence electrons. The van der Waals surface area contributed by atoms with Gasteiger partial charge in [-0.2, -0.15) is 8.61 Å². The fraction of sp³-hybridized carbons (Fsp3) is 1.00. The zero-order valence-electron chi connectivity index (χ0n) is 11.8. The number of nitrogens with zero attached hydrogens (tertiary/aromatic N) is 2. The van der Waals surface area contributed by atoms with Gasteiger partial charge in [0.25, 0.3) is 0 Å². The first kappa shape index (κ1) is 16.2. The molecule has 0 spiro atoms. The second kappa shape index (κ2) is 6.72. The average Bonchev–Trinajstić information content (AvgIpc) is 3.22. The van der Waals surface area contributed by atoms with Gasteiger partial charge in [-0.05, 0) is 12.8 Å². The molecule has 2 aliphatic heterocycles. The standard InChI is InChI=1S/C12H24N2O4S2/c15-19(16,13-7-8-13)11-5-3-1-2-4-6-12-20(17,18)14-9-10-14/h1-12H2. The molecule has 0 radical (unpaired) electrons. The fourth-order valence-electron chi connectivity index (χ4n) is 2.17. The molecule has 8 heteroatoms. The Morgan fingerprint density at radius 2 is 0.850 bits per heavy atom. The Balaban J connectivity index is 1.44. The Morgan fingerprint density at radius 3 is 1.15 bits per heavy atom. The number of rotatable bonds is 11. The lowest BCUT2D eigenvalue weighted by molar-refractivity contribution is 0.548. The zero-order valence-corrected chi connectivity index (χ0v) is 13.5. The van der Waals surface area contributed by atoms with Gasteiger partial charge < -0.3 is 0 Å². The summed E-state index contributed by atoms with van der Waals surface area (Å²) >= 11 is 0. The van der Waals surface area contributed by atoms with E-state index in [2.05, 4.69) is 0 Å². The predicted octanol–water partition coefficient (Wildman–Crippen LogP) is 0.618. The van der Waals surface area contributed by atoms with E-state index in [0.717, 1.165) is 25.7 Å². The summed E-state index contributed by atoms with van der Waals surface area (Å²) in [5.74, 6) is 0.521. The monoisotopic (exact) mass is 324 g/mol. The Bertz CT molecular complexity index is 460. The van der Waals surface area contributed by atoms with Crippen molar-refractivity contribution in [1.82, 2.24) is 8.61 Å². The SMILES string of the molecule is O=S(=O)(CCCCCCCCS(=O)(=O)N1CC1)N1CC1. The van der Waals surface area contributed by atoms with Gasteiger partial charge in [0, 0.05) is 26.2 Å². The normalized spacial score (nSPS) is 20.2. The summed E-state index contributed by atoms with van der Waals surface area (Å²) in [5.41, 5.74) is 0. The molecule has 0 saturated carbocycles. The molecule has 0 amide bonds. The van der Waals surface area contributed by atoms with Crippen LogP contribution in [0.15, 0.2) is 0 Å². The van der Waals surface area contributed by atoms with Gasteiger partial charge >= 0.3 is 0 Å². The molecule has 2 fully saturated rings. The van der Waals surface area contributed by atoms with Crippen molar-refractivity contribution < 1.29 is 16.8 Å². The van der Waals surface area contributed by atoms with E-state index in [1.165, 1.54) is 8.61 Å². The molecule has 0 aromatic carbocycles. The first-order chi connectivity index (χ1) is 9.42. The van der Waals surface area contributed by atoms with E-state index >= 15 is 0 Å². The summed E-state index contributed by atoms with van der Waals surface area (Å²) in [6, 6.07) is 0. The molecule has 0 N–H and O–H groups in total. The molecular weight excluding hydrogens is 300 g/mol. The lowest BCUT2D eigenvalue weighted by Gasteiger charge is -2.05. The van der Waals surface area contributed by atoms with Crippen LogP contribution < -0.4 is 0 Å². The van der Waals surface area contributed by atoms with E-state index in [0.29, 0.717) is 39.0 Å². The highest BCUT2D eigenvalue weighted by Gasteiger charge is 2.31. The van der Waals surface area contributed by atoms with E-state index in [-0.39, 0.29) is 11.5 Å². The maximum Gasteiger partial charge on any atom is 0.214 e. The third-order valence-electron chi connectivity index (χ3n) is 3.65. The molecule has 0 bridgehead atoms. The number of hydrogen-bond donors (Lipinski definition) is 0. The van der Waals surface area contributed by atoms with Gasteiger partial charge in [0.15, 0.2) is 0 Å². The summed E-state index contributed by atoms with van der Waals surface area (Å²) < 4.78 is 49.3. The minimum atomic E-state index is -2.96. The molecule has 2 heterocycles. The van der Waals surface area contributed by atoms with Crippen molar-refractivity contribution in [3.63, 3.8) is 0 Å². The summed E-state index contributed by atoms with van der Waals surface area (Å²) in [6.45, 7) is 2.75. The smallest absolute Gasteiger partial charge is 0.212 e. The molecule has 0 aromatic heterocycles. The average molecular weight is 324 g/mol. The van der Waals surface area contributed by atoms with Gasteiger partial charge in [-0.25, -0.2) is 16.8 Å². The summed E-state index contributed by atoms with van der Waals surface area (Å²) in [7, 11) is -5.92. The van der Waals surface area contributed by atoms with Crippen molar-refractivity contribution in [3.8, 4) is 0 Å². The van der Waals surface area contributed by atoms with Crippen LogP contribution in [-0.2, 0) is 20.0 Å². The second-order valence-corrected chi connectivity index (χ2v) is 9.73. The van der Waals surface area contributed by atoms with Crippen LogP contribution in [0.2, 0.25) is 0 Å². The maximum absolute atomic E-state index is 11.6. The van der Waals surface area contributed by atoms with Gasteiger partial charge in [0.1, 0.15) is 0 Å². The van der Waals surface area contributed by atoms with Gasteiger partial charge in [0.05, 0.1) is 11.5 Å². The molecule has 0 aliphatic carbocycles. The minimum absolute atomic E-state index is 0.260. The largest absolute Gasteiger partial charge is 0.214 e. The van der Waals surface area contributed by atoms with Crippen LogP contribution in [-0.4, -0.2) is 63.1 Å². The molecule has 20 heavy (non-hydrogen) atoms.